The van der Waals surface area contributed by atoms with Crippen molar-refractivity contribution in [1.29, 1.82) is 0 Å². The highest BCUT2D eigenvalue weighted by Gasteiger charge is 2.11. The van der Waals surface area contributed by atoms with E-state index in [-0.39, 0.29) is 11.5 Å². The second kappa shape index (κ2) is 9.03. The van der Waals surface area contributed by atoms with Gasteiger partial charge in [0.2, 0.25) is 0 Å². The first kappa shape index (κ1) is 20.1. The van der Waals surface area contributed by atoms with Crippen LogP contribution in [0.2, 0.25) is 5.02 Å². The topological polar surface area (TPSA) is 87.3 Å². The molecular formula is C22H18ClN3O3. The number of halogens is 1. The van der Waals surface area contributed by atoms with Crippen LogP contribution < -0.4 is 16.2 Å². The van der Waals surface area contributed by atoms with E-state index in [0.29, 0.717) is 21.8 Å². The maximum Gasteiger partial charge on any atom is 0.269 e. The van der Waals surface area contributed by atoms with Gasteiger partial charge in [0.15, 0.2) is 0 Å². The maximum atomic E-state index is 12.3. The summed E-state index contributed by atoms with van der Waals surface area (Å²) in [5.41, 5.74) is 7.29. The van der Waals surface area contributed by atoms with Crippen molar-refractivity contribution in [3.8, 4) is 0 Å². The molecule has 0 atom stereocenters. The zero-order valence-electron chi connectivity index (χ0n) is 15.5. The highest BCUT2D eigenvalue weighted by molar-refractivity contribution is 6.30. The summed E-state index contributed by atoms with van der Waals surface area (Å²) >= 11 is 5.82. The average Bonchev–Trinajstić information content (AvgIpc) is 2.72. The molecule has 3 N–H and O–H groups in total. The average molecular weight is 408 g/mol. The van der Waals surface area contributed by atoms with E-state index in [4.69, 9.17) is 11.6 Å². The molecule has 0 spiro atoms. The Bertz CT molecular complexity index is 1060. The minimum Gasteiger partial charge on any atom is -0.322 e. The van der Waals surface area contributed by atoms with Crippen LogP contribution in [0.15, 0.2) is 72.8 Å². The lowest BCUT2D eigenvalue weighted by atomic mass is 10.1. The molecule has 0 aromatic heterocycles. The van der Waals surface area contributed by atoms with Crippen LogP contribution in [0.5, 0.6) is 0 Å². The first-order chi connectivity index (χ1) is 13.9. The Morgan fingerprint density at radius 1 is 0.690 bits per heavy atom. The molecule has 29 heavy (non-hydrogen) atoms. The summed E-state index contributed by atoms with van der Waals surface area (Å²) in [7, 11) is 0. The fraction of sp³-hybridized carbons (Fsp3) is 0.0455. The van der Waals surface area contributed by atoms with Crippen molar-refractivity contribution in [1.82, 2.24) is 10.9 Å². The van der Waals surface area contributed by atoms with Gasteiger partial charge in [0.05, 0.1) is 0 Å². The molecule has 3 amide bonds. The van der Waals surface area contributed by atoms with Crippen molar-refractivity contribution in [3.63, 3.8) is 0 Å². The zero-order valence-corrected chi connectivity index (χ0v) is 16.3. The number of hydrogen-bond donors (Lipinski definition) is 3. The Balaban J connectivity index is 1.62. The third kappa shape index (κ3) is 5.43. The summed E-state index contributed by atoms with van der Waals surface area (Å²) in [6, 6.07) is 19.9. The van der Waals surface area contributed by atoms with Gasteiger partial charge in [0, 0.05) is 27.4 Å². The first-order valence-corrected chi connectivity index (χ1v) is 9.14. The van der Waals surface area contributed by atoms with E-state index in [1.54, 1.807) is 60.7 Å². The van der Waals surface area contributed by atoms with Crippen molar-refractivity contribution in [2.45, 2.75) is 6.92 Å². The van der Waals surface area contributed by atoms with Crippen molar-refractivity contribution in [2.24, 2.45) is 0 Å². The van der Waals surface area contributed by atoms with Crippen LogP contribution in [0.3, 0.4) is 0 Å². The Morgan fingerprint density at radius 2 is 1.28 bits per heavy atom. The first-order valence-electron chi connectivity index (χ1n) is 8.77. The van der Waals surface area contributed by atoms with E-state index < -0.39 is 11.8 Å². The summed E-state index contributed by atoms with van der Waals surface area (Å²) in [6.45, 7) is 1.87. The number of nitrogens with one attached hydrogen (secondary N) is 3. The molecule has 0 heterocycles. The predicted molar refractivity (Wildman–Crippen MR) is 112 cm³/mol. The van der Waals surface area contributed by atoms with Crippen molar-refractivity contribution >= 4 is 35.0 Å². The maximum absolute atomic E-state index is 12.3. The number of hydrazine groups is 1. The SMILES string of the molecule is Cc1cccc(C(=O)NNC(=O)c2cccc(NC(=O)c3ccc(Cl)cc3)c2)c1. The standard InChI is InChI=1S/C22H18ClN3O3/c1-14-4-2-5-16(12-14)21(28)25-26-22(29)17-6-3-7-19(13-17)24-20(27)15-8-10-18(23)11-9-15/h2-13H,1H3,(H,24,27)(H,25,28)(H,26,29). The third-order valence-electron chi connectivity index (χ3n) is 4.06. The number of anilines is 1. The minimum absolute atomic E-state index is 0.281. The molecule has 0 radical (unpaired) electrons. The number of rotatable bonds is 4. The number of hydrogen-bond acceptors (Lipinski definition) is 3. The number of benzene rings is 3. The molecule has 146 valence electrons. The highest BCUT2D eigenvalue weighted by Crippen LogP contribution is 2.14. The van der Waals surface area contributed by atoms with Gasteiger partial charge in [0.25, 0.3) is 17.7 Å². The molecule has 0 unspecified atom stereocenters. The highest BCUT2D eigenvalue weighted by atomic mass is 35.5. The normalized spacial score (nSPS) is 10.1. The lowest BCUT2D eigenvalue weighted by molar-refractivity contribution is 0.0846. The van der Waals surface area contributed by atoms with Gasteiger partial charge in [-0.25, -0.2) is 0 Å². The molecular weight excluding hydrogens is 390 g/mol. The number of carbonyl (C=O) groups excluding carboxylic acids is 3. The van der Waals surface area contributed by atoms with Gasteiger partial charge >= 0.3 is 0 Å². The van der Waals surface area contributed by atoms with Gasteiger partial charge in [-0.3, -0.25) is 25.2 Å². The van der Waals surface area contributed by atoms with Crippen LogP contribution in [-0.2, 0) is 0 Å². The Kier molecular flexibility index (Phi) is 6.26. The monoisotopic (exact) mass is 407 g/mol. The van der Waals surface area contributed by atoms with Crippen LogP contribution in [0.4, 0.5) is 5.69 Å². The summed E-state index contributed by atoms with van der Waals surface area (Å²) in [5.74, 6) is -1.25. The quantitative estimate of drug-likeness (QED) is 0.572. The van der Waals surface area contributed by atoms with E-state index in [1.165, 1.54) is 6.07 Å². The fourth-order valence-corrected chi connectivity index (χ4v) is 2.71. The summed E-state index contributed by atoms with van der Waals surface area (Å²) in [4.78, 5) is 36.8. The fourth-order valence-electron chi connectivity index (χ4n) is 2.59. The number of amides is 3. The van der Waals surface area contributed by atoms with Crippen molar-refractivity contribution < 1.29 is 14.4 Å². The van der Waals surface area contributed by atoms with Crippen LogP contribution in [0.1, 0.15) is 36.6 Å². The van der Waals surface area contributed by atoms with Crippen LogP contribution in [0.25, 0.3) is 0 Å². The van der Waals surface area contributed by atoms with Crippen LogP contribution in [-0.4, -0.2) is 17.7 Å². The lowest BCUT2D eigenvalue weighted by Crippen LogP contribution is -2.41. The Labute approximate surface area is 172 Å². The third-order valence-corrected chi connectivity index (χ3v) is 4.31. The molecule has 3 aromatic carbocycles. The molecule has 3 aromatic rings. The summed E-state index contributed by atoms with van der Waals surface area (Å²) in [5, 5.41) is 3.26. The molecule has 0 saturated carbocycles. The van der Waals surface area contributed by atoms with Gasteiger partial charge in [-0.2, -0.15) is 0 Å². The van der Waals surface area contributed by atoms with Crippen molar-refractivity contribution in [3.05, 3.63) is 100 Å². The lowest BCUT2D eigenvalue weighted by Gasteiger charge is -2.10. The predicted octanol–water partition coefficient (Wildman–Crippen LogP) is 3.98. The molecule has 0 aliphatic heterocycles. The molecule has 6 nitrogen and oxygen atoms in total. The number of carbonyl (C=O) groups is 3. The largest absolute Gasteiger partial charge is 0.322 e. The zero-order chi connectivity index (χ0) is 20.8. The Morgan fingerprint density at radius 3 is 1.90 bits per heavy atom. The van der Waals surface area contributed by atoms with Gasteiger partial charge in [0.1, 0.15) is 0 Å². The summed E-state index contributed by atoms with van der Waals surface area (Å²) < 4.78 is 0. The van der Waals surface area contributed by atoms with E-state index in [1.807, 2.05) is 13.0 Å². The second-order valence-electron chi connectivity index (χ2n) is 6.32. The molecule has 0 aliphatic carbocycles. The molecule has 0 saturated heterocycles. The van der Waals surface area contributed by atoms with Gasteiger partial charge in [-0.05, 0) is 61.5 Å². The molecule has 0 bridgehead atoms. The number of aryl methyl sites for hydroxylation is 1. The summed E-state index contributed by atoms with van der Waals surface area (Å²) in [6.07, 6.45) is 0. The Hall–Kier alpha value is -3.64. The molecule has 7 heteroatoms. The van der Waals surface area contributed by atoms with E-state index in [0.717, 1.165) is 5.56 Å². The van der Waals surface area contributed by atoms with Crippen molar-refractivity contribution in [2.75, 3.05) is 5.32 Å². The van der Waals surface area contributed by atoms with E-state index in [2.05, 4.69) is 16.2 Å². The van der Waals surface area contributed by atoms with Crippen LogP contribution in [0, 0.1) is 6.92 Å². The minimum atomic E-state index is -0.506. The second-order valence-corrected chi connectivity index (χ2v) is 6.76. The van der Waals surface area contributed by atoms with Crippen LogP contribution >= 0.6 is 11.6 Å². The van der Waals surface area contributed by atoms with Gasteiger partial charge in [-0.15, -0.1) is 0 Å². The molecule has 0 fully saturated rings. The van der Waals surface area contributed by atoms with Gasteiger partial charge in [-0.1, -0.05) is 35.4 Å². The smallest absolute Gasteiger partial charge is 0.269 e. The van der Waals surface area contributed by atoms with Gasteiger partial charge < -0.3 is 5.32 Å². The molecule has 3 rings (SSSR count). The van der Waals surface area contributed by atoms with E-state index >= 15 is 0 Å². The molecule has 0 aliphatic rings. The van der Waals surface area contributed by atoms with E-state index in [9.17, 15) is 14.4 Å².